The Labute approximate surface area is 224 Å². The van der Waals surface area contributed by atoms with Crippen LogP contribution in [0.3, 0.4) is 0 Å². The molecule has 3 aliphatic heterocycles. The maximum atomic E-state index is 13.3. The van der Waals surface area contributed by atoms with Crippen molar-refractivity contribution in [2.75, 3.05) is 12.3 Å². The number of nitrogens with zero attached hydrogens (tertiary/aromatic N) is 6. The van der Waals surface area contributed by atoms with Crippen molar-refractivity contribution < 1.29 is 14.3 Å². The van der Waals surface area contributed by atoms with E-state index < -0.39 is 0 Å². The smallest absolute Gasteiger partial charge is 0.252 e. The lowest BCUT2D eigenvalue weighted by Crippen LogP contribution is -2.50. The monoisotopic (exact) mass is 526 g/mol. The number of amides is 1. The van der Waals surface area contributed by atoms with Crippen molar-refractivity contribution in [3.8, 4) is 22.6 Å². The van der Waals surface area contributed by atoms with Crippen LogP contribution in [0.4, 0.5) is 5.82 Å². The third kappa shape index (κ3) is 3.91. The molecule has 0 aliphatic carbocycles. The number of aromatic nitrogens is 6. The number of hydrogen-bond donors (Lipinski definition) is 2. The van der Waals surface area contributed by atoms with Crippen molar-refractivity contribution in [1.82, 2.24) is 34.4 Å². The molecule has 11 heteroatoms. The van der Waals surface area contributed by atoms with E-state index >= 15 is 0 Å². The molecule has 4 atom stereocenters. The van der Waals surface area contributed by atoms with E-state index in [0.29, 0.717) is 35.2 Å². The largest absolute Gasteiger partial charge is 0.383 e. The lowest BCUT2D eigenvalue weighted by Gasteiger charge is -2.40. The summed E-state index contributed by atoms with van der Waals surface area (Å²) < 4.78 is 7.25. The fraction of sp³-hybridized carbons (Fsp3) is 0.429. The predicted molar refractivity (Wildman–Crippen MR) is 143 cm³/mol. The Kier molecular flexibility index (Phi) is 5.69. The van der Waals surface area contributed by atoms with Crippen LogP contribution in [0.25, 0.3) is 28.3 Å². The third-order valence-corrected chi connectivity index (χ3v) is 8.46. The molecule has 1 unspecified atom stereocenters. The van der Waals surface area contributed by atoms with Gasteiger partial charge in [0.1, 0.15) is 17.6 Å². The molecule has 7 heterocycles. The predicted octanol–water partition coefficient (Wildman–Crippen LogP) is 3.38. The number of Topliss-reactive ketones (excluding diaryl/α,β-unsaturated/α-hetero) is 1. The summed E-state index contributed by atoms with van der Waals surface area (Å²) in [5.41, 5.74) is 10.6. The van der Waals surface area contributed by atoms with Gasteiger partial charge in [0.05, 0.1) is 17.5 Å². The number of ether oxygens (including phenoxy) is 1. The average Bonchev–Trinajstić information content (AvgIpc) is 3.75. The summed E-state index contributed by atoms with van der Waals surface area (Å²) in [5, 5.41) is 4.48. The van der Waals surface area contributed by atoms with Crippen molar-refractivity contribution in [3.05, 3.63) is 48.2 Å². The zero-order valence-corrected chi connectivity index (χ0v) is 21.7. The van der Waals surface area contributed by atoms with Gasteiger partial charge >= 0.3 is 0 Å². The summed E-state index contributed by atoms with van der Waals surface area (Å²) in [7, 11) is 0. The van der Waals surface area contributed by atoms with E-state index in [0.717, 1.165) is 55.3 Å². The summed E-state index contributed by atoms with van der Waals surface area (Å²) in [6, 6.07) is 4.08. The lowest BCUT2D eigenvalue weighted by atomic mass is 9.85. The van der Waals surface area contributed by atoms with Gasteiger partial charge in [0.15, 0.2) is 17.3 Å². The van der Waals surface area contributed by atoms with Crippen LogP contribution in [-0.4, -0.2) is 70.9 Å². The molecule has 1 amide bonds. The van der Waals surface area contributed by atoms with Gasteiger partial charge in [-0.3, -0.25) is 14.6 Å². The molecule has 39 heavy (non-hydrogen) atoms. The van der Waals surface area contributed by atoms with Gasteiger partial charge in [-0.15, -0.1) is 0 Å². The van der Waals surface area contributed by atoms with Crippen LogP contribution < -0.4 is 5.73 Å². The van der Waals surface area contributed by atoms with E-state index in [1.54, 1.807) is 29.3 Å². The van der Waals surface area contributed by atoms with Crippen LogP contribution in [0.2, 0.25) is 0 Å². The lowest BCUT2D eigenvalue weighted by molar-refractivity contribution is -0.145. The second-order valence-corrected chi connectivity index (χ2v) is 10.8. The molecule has 11 nitrogen and oxygen atoms in total. The highest BCUT2D eigenvalue weighted by atomic mass is 16.5. The molecule has 200 valence electrons. The molecule has 3 aliphatic rings. The van der Waals surface area contributed by atoms with Crippen molar-refractivity contribution in [2.45, 2.75) is 69.6 Å². The maximum Gasteiger partial charge on any atom is 0.252 e. The highest BCUT2D eigenvalue weighted by molar-refractivity contribution is 6.00. The number of anilines is 1. The molecule has 0 saturated carbocycles. The standard InChI is InChI=1S/C28H30N8O3/c1-15(37)23-24(17-11-18-5-6-19(12-17)35(18)28(38)22-3-2-10-39-22)34-27-20(14-33-36(27)25(23)29)16-4-7-21(32-13-16)26-30-8-9-31-26/h4,7-9,13-14,17-19,22H,2-3,5-6,10-12,29H2,1H3,(H,30,31)/t17-,18-,19+,22?. The summed E-state index contributed by atoms with van der Waals surface area (Å²) in [4.78, 5) is 45.1. The molecule has 3 N–H and O–H groups in total. The quantitative estimate of drug-likeness (QED) is 0.377. The molecular formula is C28H30N8O3. The highest BCUT2D eigenvalue weighted by Crippen LogP contribution is 2.45. The summed E-state index contributed by atoms with van der Waals surface area (Å²) in [6.45, 7) is 2.18. The normalized spacial score (nSPS) is 24.5. The van der Waals surface area contributed by atoms with Gasteiger partial charge in [-0.2, -0.15) is 9.61 Å². The Hall–Kier alpha value is -4.12. The number of carbonyl (C=O) groups is 2. The van der Waals surface area contributed by atoms with Gasteiger partial charge in [0.2, 0.25) is 0 Å². The fourth-order valence-electron chi connectivity index (χ4n) is 6.69. The zero-order valence-electron chi connectivity index (χ0n) is 21.7. The van der Waals surface area contributed by atoms with Gasteiger partial charge < -0.3 is 20.4 Å². The van der Waals surface area contributed by atoms with Crippen molar-refractivity contribution in [3.63, 3.8) is 0 Å². The average molecular weight is 527 g/mol. The van der Waals surface area contributed by atoms with Gasteiger partial charge in [-0.25, -0.2) is 9.97 Å². The van der Waals surface area contributed by atoms with Gasteiger partial charge in [0.25, 0.3) is 5.91 Å². The summed E-state index contributed by atoms with van der Waals surface area (Å²) in [6.07, 6.45) is 11.7. The van der Waals surface area contributed by atoms with Crippen LogP contribution in [-0.2, 0) is 9.53 Å². The minimum absolute atomic E-state index is 0.0180. The first-order valence-electron chi connectivity index (χ1n) is 13.6. The Balaban J connectivity index is 1.25. The van der Waals surface area contributed by atoms with Crippen LogP contribution >= 0.6 is 0 Å². The fourth-order valence-corrected chi connectivity index (χ4v) is 6.69. The van der Waals surface area contributed by atoms with Gasteiger partial charge in [0, 0.05) is 54.3 Å². The number of nitrogen functional groups attached to an aromatic ring is 1. The van der Waals surface area contributed by atoms with Crippen LogP contribution in [0.1, 0.15) is 67.4 Å². The summed E-state index contributed by atoms with van der Waals surface area (Å²) >= 11 is 0. The molecule has 3 fully saturated rings. The molecule has 2 bridgehead atoms. The van der Waals surface area contributed by atoms with Crippen LogP contribution in [0, 0.1) is 0 Å². The number of carbonyl (C=O) groups excluding carboxylic acids is 2. The SMILES string of the molecule is CC(=O)c1c([C@@H]2C[C@H]3CC[C@@H](C2)N3C(=O)C2CCCO2)nc2c(-c3ccc(-c4ncc[nH]4)nc3)cnn2c1N. The van der Waals surface area contributed by atoms with E-state index in [9.17, 15) is 9.59 Å². The Morgan fingerprint density at radius 1 is 1.10 bits per heavy atom. The molecular weight excluding hydrogens is 496 g/mol. The van der Waals surface area contributed by atoms with Crippen LogP contribution in [0.5, 0.6) is 0 Å². The van der Waals surface area contributed by atoms with E-state index in [-0.39, 0.29) is 35.8 Å². The first-order valence-corrected chi connectivity index (χ1v) is 13.6. The molecule has 0 aromatic carbocycles. The number of fused-ring (bicyclic) bond motifs is 3. The van der Waals surface area contributed by atoms with E-state index in [2.05, 4.69) is 25.0 Å². The number of pyridine rings is 1. The molecule has 7 rings (SSSR count). The topological polar surface area (TPSA) is 144 Å². The van der Waals surface area contributed by atoms with Gasteiger partial charge in [-0.05, 0) is 51.5 Å². The molecule has 3 saturated heterocycles. The first-order chi connectivity index (χ1) is 19.0. The van der Waals surface area contributed by atoms with E-state index in [1.807, 2.05) is 12.1 Å². The highest BCUT2D eigenvalue weighted by Gasteiger charge is 2.47. The second kappa shape index (κ2) is 9.26. The minimum Gasteiger partial charge on any atom is -0.383 e. The number of H-pyrrole nitrogens is 1. The molecule has 4 aromatic rings. The van der Waals surface area contributed by atoms with Crippen LogP contribution in [0.15, 0.2) is 36.9 Å². The molecule has 0 spiro atoms. The van der Waals surface area contributed by atoms with Crippen molar-refractivity contribution in [1.29, 1.82) is 0 Å². The number of ketones is 1. The third-order valence-electron chi connectivity index (χ3n) is 8.46. The Bertz CT molecular complexity index is 1540. The molecule has 0 radical (unpaired) electrons. The van der Waals surface area contributed by atoms with Crippen molar-refractivity contribution in [2.24, 2.45) is 0 Å². The number of piperidine rings is 1. The number of nitrogens with two attached hydrogens (primary N) is 1. The number of aromatic amines is 1. The zero-order chi connectivity index (χ0) is 26.7. The Morgan fingerprint density at radius 2 is 1.92 bits per heavy atom. The summed E-state index contributed by atoms with van der Waals surface area (Å²) in [5.74, 6) is 0.986. The molecule has 4 aromatic heterocycles. The number of imidazole rings is 1. The number of hydrogen-bond acceptors (Lipinski definition) is 8. The second-order valence-electron chi connectivity index (χ2n) is 10.8. The van der Waals surface area contributed by atoms with Crippen molar-refractivity contribution >= 4 is 23.2 Å². The van der Waals surface area contributed by atoms with E-state index in [1.165, 1.54) is 6.92 Å². The van der Waals surface area contributed by atoms with Gasteiger partial charge in [-0.1, -0.05) is 6.07 Å². The first kappa shape index (κ1) is 24.0. The maximum absolute atomic E-state index is 13.3. The minimum atomic E-state index is -0.315. The Morgan fingerprint density at radius 3 is 2.56 bits per heavy atom. The van der Waals surface area contributed by atoms with E-state index in [4.69, 9.17) is 15.5 Å². The number of nitrogens with one attached hydrogen (secondary N) is 1. The number of rotatable bonds is 5.